The van der Waals surface area contributed by atoms with Gasteiger partial charge in [-0.15, -0.1) is 0 Å². The molecule has 2 aliphatic rings. The average molecular weight is 350 g/mol. The molecule has 1 saturated heterocycles. The Morgan fingerprint density at radius 3 is 1.81 bits per heavy atom. The Morgan fingerprint density at radius 1 is 0.846 bits per heavy atom. The number of rotatable bonds is 3. The first kappa shape index (κ1) is 17.3. The van der Waals surface area contributed by atoms with Gasteiger partial charge in [-0.3, -0.25) is 0 Å². The van der Waals surface area contributed by atoms with Gasteiger partial charge < -0.3 is 14.6 Å². The Bertz CT molecular complexity index is 778. The third kappa shape index (κ3) is 2.02. The molecule has 2 aliphatic heterocycles. The van der Waals surface area contributed by atoms with Gasteiger partial charge in [0.2, 0.25) is 5.79 Å². The van der Waals surface area contributed by atoms with E-state index >= 15 is 0 Å². The zero-order chi connectivity index (χ0) is 18.6. The molecule has 0 spiro atoms. The van der Waals surface area contributed by atoms with E-state index in [2.05, 4.69) is 24.3 Å². The van der Waals surface area contributed by atoms with Gasteiger partial charge in [0, 0.05) is 0 Å². The third-order valence-electron chi connectivity index (χ3n) is 6.22. The quantitative estimate of drug-likeness (QED) is 0.878. The molecular weight excluding hydrogens is 324 g/mol. The molecular formula is C23H26O3. The molecule has 26 heavy (non-hydrogen) atoms. The van der Waals surface area contributed by atoms with E-state index in [1.54, 1.807) is 6.26 Å². The van der Waals surface area contributed by atoms with E-state index in [-0.39, 0.29) is 5.92 Å². The summed E-state index contributed by atoms with van der Waals surface area (Å²) in [6, 6.07) is 20.4. The molecule has 0 saturated carbocycles. The summed E-state index contributed by atoms with van der Waals surface area (Å²) in [5.41, 5.74) is -0.152. The van der Waals surface area contributed by atoms with Gasteiger partial charge in [-0.2, -0.15) is 0 Å². The molecule has 0 bridgehead atoms. The molecule has 3 unspecified atom stereocenters. The first-order valence-electron chi connectivity index (χ1n) is 9.14. The molecule has 3 heteroatoms. The first-order valence-corrected chi connectivity index (χ1v) is 9.14. The molecule has 0 radical (unpaired) electrons. The van der Waals surface area contributed by atoms with E-state index in [0.29, 0.717) is 0 Å². The van der Waals surface area contributed by atoms with Crippen LogP contribution < -0.4 is 0 Å². The van der Waals surface area contributed by atoms with E-state index in [4.69, 9.17) is 9.47 Å². The normalized spacial score (nSPS) is 28.6. The molecule has 3 atom stereocenters. The Kier molecular flexibility index (Phi) is 3.63. The highest BCUT2D eigenvalue weighted by Crippen LogP contribution is 2.66. The van der Waals surface area contributed by atoms with Crippen molar-refractivity contribution in [2.45, 2.75) is 44.7 Å². The Hall–Kier alpha value is -2.10. The molecule has 0 amide bonds. The van der Waals surface area contributed by atoms with Crippen LogP contribution in [-0.4, -0.2) is 16.5 Å². The predicted molar refractivity (Wildman–Crippen MR) is 101 cm³/mol. The van der Waals surface area contributed by atoms with E-state index in [0.717, 1.165) is 11.1 Å². The average Bonchev–Trinajstić information content (AvgIpc) is 2.96. The molecule has 0 aliphatic carbocycles. The van der Waals surface area contributed by atoms with Crippen molar-refractivity contribution in [1.29, 1.82) is 0 Å². The second-order valence-electron chi connectivity index (χ2n) is 8.48. The van der Waals surface area contributed by atoms with Crippen LogP contribution in [0.25, 0.3) is 0 Å². The minimum Gasteiger partial charge on any atom is -0.466 e. The molecule has 2 aromatic carbocycles. The Morgan fingerprint density at radius 2 is 1.35 bits per heavy atom. The second-order valence-corrected chi connectivity index (χ2v) is 8.48. The fourth-order valence-electron chi connectivity index (χ4n) is 4.21. The fraction of sp³-hybridized carbons (Fsp3) is 0.391. The largest absolute Gasteiger partial charge is 0.466 e. The van der Waals surface area contributed by atoms with Crippen molar-refractivity contribution in [2.75, 3.05) is 0 Å². The topological polar surface area (TPSA) is 38.7 Å². The Balaban J connectivity index is 1.88. The lowest BCUT2D eigenvalue weighted by Crippen LogP contribution is -2.76. The van der Waals surface area contributed by atoms with Crippen molar-refractivity contribution in [1.82, 2.24) is 0 Å². The molecule has 0 aromatic heterocycles. The molecule has 1 N–H and O–H groups in total. The maximum atomic E-state index is 11.5. The van der Waals surface area contributed by atoms with Crippen LogP contribution in [0.3, 0.4) is 0 Å². The summed E-state index contributed by atoms with van der Waals surface area (Å²) in [6.45, 7) is 7.84. The highest BCUT2D eigenvalue weighted by Gasteiger charge is 2.77. The molecule has 2 heterocycles. The van der Waals surface area contributed by atoms with Crippen molar-refractivity contribution < 1.29 is 14.6 Å². The summed E-state index contributed by atoms with van der Waals surface area (Å²) in [5.74, 6) is -1.23. The first-order chi connectivity index (χ1) is 12.3. The van der Waals surface area contributed by atoms with E-state index < -0.39 is 22.4 Å². The van der Waals surface area contributed by atoms with Crippen LogP contribution in [0.2, 0.25) is 0 Å². The summed E-state index contributed by atoms with van der Waals surface area (Å²) >= 11 is 0. The number of ether oxygens (including phenoxy) is 2. The summed E-state index contributed by atoms with van der Waals surface area (Å²) in [4.78, 5) is 0. The lowest BCUT2D eigenvalue weighted by atomic mass is 9.58. The van der Waals surface area contributed by atoms with Crippen LogP contribution in [0.15, 0.2) is 73.0 Å². The van der Waals surface area contributed by atoms with Crippen LogP contribution in [0.5, 0.6) is 0 Å². The van der Waals surface area contributed by atoms with Gasteiger partial charge >= 0.3 is 0 Å². The van der Waals surface area contributed by atoms with Crippen molar-refractivity contribution in [3.8, 4) is 0 Å². The fourth-order valence-corrected chi connectivity index (χ4v) is 4.21. The standard InChI is InChI=1S/C23H26O3/c1-20(2,3)21(4,24)23-19(15-16-25-23)22(26-23,17-11-7-5-8-12-17)18-13-9-6-10-14-18/h5-16,19,24H,1-4H3. The number of hydrogen-bond acceptors (Lipinski definition) is 3. The van der Waals surface area contributed by atoms with Crippen molar-refractivity contribution in [2.24, 2.45) is 11.3 Å². The zero-order valence-corrected chi connectivity index (χ0v) is 15.8. The van der Waals surface area contributed by atoms with Crippen LogP contribution in [-0.2, 0) is 15.1 Å². The van der Waals surface area contributed by atoms with Gasteiger partial charge in [-0.25, -0.2) is 0 Å². The lowest BCUT2D eigenvalue weighted by Gasteiger charge is -2.64. The highest BCUT2D eigenvalue weighted by atomic mass is 16.7. The molecule has 1 fully saturated rings. The summed E-state index contributed by atoms with van der Waals surface area (Å²) < 4.78 is 12.6. The minimum atomic E-state index is -1.18. The maximum absolute atomic E-state index is 11.5. The van der Waals surface area contributed by atoms with Crippen molar-refractivity contribution in [3.63, 3.8) is 0 Å². The number of fused-ring (bicyclic) bond motifs is 1. The van der Waals surface area contributed by atoms with E-state index in [1.807, 2.05) is 70.2 Å². The zero-order valence-electron chi connectivity index (χ0n) is 15.8. The Labute approximate surface area is 155 Å². The minimum absolute atomic E-state index is 0.131. The summed E-state index contributed by atoms with van der Waals surface area (Å²) in [5, 5.41) is 11.5. The monoisotopic (exact) mass is 350 g/mol. The molecule has 3 nitrogen and oxygen atoms in total. The lowest BCUT2D eigenvalue weighted by molar-refractivity contribution is -0.446. The van der Waals surface area contributed by atoms with E-state index in [9.17, 15) is 5.11 Å². The van der Waals surface area contributed by atoms with Gasteiger partial charge in [0.25, 0.3) is 0 Å². The van der Waals surface area contributed by atoms with Gasteiger partial charge in [0.15, 0.2) is 0 Å². The second kappa shape index (κ2) is 5.45. The number of benzene rings is 2. The van der Waals surface area contributed by atoms with Crippen molar-refractivity contribution in [3.05, 3.63) is 84.1 Å². The SMILES string of the molecule is CC(C)(C)C(C)(O)C12OC=CC1C(c1ccccc1)(c1ccccc1)O2. The van der Waals surface area contributed by atoms with Crippen LogP contribution >= 0.6 is 0 Å². The highest BCUT2D eigenvalue weighted by molar-refractivity contribution is 5.45. The van der Waals surface area contributed by atoms with Gasteiger partial charge in [0.1, 0.15) is 11.2 Å². The molecule has 4 rings (SSSR count). The summed E-state index contributed by atoms with van der Waals surface area (Å²) in [6.07, 6.45) is 3.71. The predicted octanol–water partition coefficient (Wildman–Crippen LogP) is 4.61. The smallest absolute Gasteiger partial charge is 0.249 e. The van der Waals surface area contributed by atoms with E-state index in [1.165, 1.54) is 0 Å². The third-order valence-corrected chi connectivity index (χ3v) is 6.22. The van der Waals surface area contributed by atoms with Crippen LogP contribution in [0.1, 0.15) is 38.8 Å². The van der Waals surface area contributed by atoms with Crippen molar-refractivity contribution >= 4 is 0 Å². The number of aliphatic hydroxyl groups is 1. The molecule has 2 aromatic rings. The van der Waals surface area contributed by atoms with Gasteiger partial charge in [-0.05, 0) is 29.5 Å². The summed E-state index contributed by atoms with van der Waals surface area (Å²) in [7, 11) is 0. The number of hydrogen-bond donors (Lipinski definition) is 1. The molecule has 136 valence electrons. The van der Waals surface area contributed by atoms with Gasteiger partial charge in [0.05, 0.1) is 12.2 Å². The van der Waals surface area contributed by atoms with Gasteiger partial charge in [-0.1, -0.05) is 81.4 Å². The maximum Gasteiger partial charge on any atom is 0.249 e. The van der Waals surface area contributed by atoms with Crippen LogP contribution in [0, 0.1) is 11.3 Å². The van der Waals surface area contributed by atoms with Crippen LogP contribution in [0.4, 0.5) is 0 Å².